The number of carbonyl (C=O) groups is 1. The maximum atomic E-state index is 12.0. The molecule has 1 aromatic heterocycles. The summed E-state index contributed by atoms with van der Waals surface area (Å²) in [7, 11) is 9.54. The Kier molecular flexibility index (Phi) is 10.8. The second-order valence-corrected chi connectivity index (χ2v) is 7.40. The van der Waals surface area contributed by atoms with Gasteiger partial charge >= 0.3 is 0 Å². The fourth-order valence-corrected chi connectivity index (χ4v) is 2.93. The highest BCUT2D eigenvalue weighted by molar-refractivity contribution is 14.0. The quantitative estimate of drug-likeness (QED) is 0.313. The van der Waals surface area contributed by atoms with Gasteiger partial charge in [0.05, 0.1) is 18.8 Å². The van der Waals surface area contributed by atoms with Gasteiger partial charge in [0.1, 0.15) is 0 Å². The third kappa shape index (κ3) is 7.60. The fourth-order valence-electron chi connectivity index (χ4n) is 2.93. The van der Waals surface area contributed by atoms with E-state index in [1.807, 2.05) is 55.3 Å². The summed E-state index contributed by atoms with van der Waals surface area (Å²) in [5.41, 5.74) is 2.88. The normalized spacial score (nSPS) is 12.3. The zero-order valence-electron chi connectivity index (χ0n) is 18.7. The molecule has 0 aliphatic carbocycles. The molecule has 0 saturated heterocycles. The smallest absolute Gasteiger partial charge is 0.253 e. The molecular weight excluding hydrogens is 493 g/mol. The number of hydrogen-bond donors (Lipinski definition) is 2. The molecule has 2 rings (SSSR count). The van der Waals surface area contributed by atoms with Crippen LogP contribution in [0.15, 0.2) is 41.7 Å². The average Bonchev–Trinajstić information content (AvgIpc) is 3.11. The molecular formula is C21H34IN7O. The summed E-state index contributed by atoms with van der Waals surface area (Å²) in [5.74, 6) is 0.761. The van der Waals surface area contributed by atoms with E-state index in [1.165, 1.54) is 0 Å². The van der Waals surface area contributed by atoms with Gasteiger partial charge in [-0.15, -0.1) is 24.0 Å². The first kappa shape index (κ1) is 25.9. The number of carbonyl (C=O) groups excluding carboxylic acids is 1. The predicted molar refractivity (Wildman–Crippen MR) is 132 cm³/mol. The summed E-state index contributed by atoms with van der Waals surface area (Å²) >= 11 is 0. The van der Waals surface area contributed by atoms with Gasteiger partial charge in [0, 0.05) is 51.6 Å². The maximum Gasteiger partial charge on any atom is 0.253 e. The first-order valence-corrected chi connectivity index (χ1v) is 9.79. The van der Waals surface area contributed by atoms with Crippen LogP contribution in [0.3, 0.4) is 0 Å². The van der Waals surface area contributed by atoms with Gasteiger partial charge in [0.15, 0.2) is 5.96 Å². The van der Waals surface area contributed by atoms with Crippen LogP contribution < -0.4 is 10.6 Å². The standard InChI is InChI=1S/C21H33N7O.HI/c1-7-22-21(24-14-19(26(2)3)18-13-25-28(6)15-18)23-12-16-8-10-17(11-9-16)20(29)27(4)5;/h8-11,13,15,19H,7,12,14H2,1-6H3,(H2,22,23,24);1H. The molecule has 0 aliphatic rings. The van der Waals surface area contributed by atoms with E-state index < -0.39 is 0 Å². The second kappa shape index (κ2) is 12.5. The van der Waals surface area contributed by atoms with Crippen molar-refractivity contribution in [1.29, 1.82) is 0 Å². The van der Waals surface area contributed by atoms with Crippen LogP contribution in [0.4, 0.5) is 0 Å². The number of amides is 1. The Morgan fingerprint density at radius 1 is 1.17 bits per heavy atom. The van der Waals surface area contributed by atoms with Crippen LogP contribution in [-0.4, -0.2) is 72.7 Å². The molecule has 30 heavy (non-hydrogen) atoms. The average molecular weight is 527 g/mol. The topological polar surface area (TPSA) is 77.8 Å². The number of guanidine groups is 1. The van der Waals surface area contributed by atoms with Crippen molar-refractivity contribution in [1.82, 2.24) is 30.2 Å². The van der Waals surface area contributed by atoms with Crippen LogP contribution >= 0.6 is 24.0 Å². The van der Waals surface area contributed by atoms with Crippen LogP contribution in [0, 0.1) is 0 Å². The Balaban J connectivity index is 0.00000450. The molecule has 166 valence electrons. The van der Waals surface area contributed by atoms with Gasteiger partial charge in [-0.3, -0.25) is 9.48 Å². The minimum atomic E-state index is 0. The molecule has 0 radical (unpaired) electrons. The fraction of sp³-hybridized carbons (Fsp3) is 0.476. The molecule has 1 unspecified atom stereocenters. The van der Waals surface area contributed by atoms with Gasteiger partial charge in [0.2, 0.25) is 0 Å². The van der Waals surface area contributed by atoms with Crippen LogP contribution in [-0.2, 0) is 13.6 Å². The van der Waals surface area contributed by atoms with Crippen LogP contribution in [0.2, 0.25) is 0 Å². The number of benzene rings is 1. The lowest BCUT2D eigenvalue weighted by Crippen LogP contribution is -2.41. The first-order chi connectivity index (χ1) is 13.8. The van der Waals surface area contributed by atoms with Crippen molar-refractivity contribution >= 4 is 35.8 Å². The number of rotatable bonds is 8. The summed E-state index contributed by atoms with van der Waals surface area (Å²) in [4.78, 5) is 20.4. The van der Waals surface area contributed by atoms with Crippen molar-refractivity contribution in [2.24, 2.45) is 12.0 Å². The van der Waals surface area contributed by atoms with Crippen LogP contribution in [0.25, 0.3) is 0 Å². The van der Waals surface area contributed by atoms with Crippen molar-refractivity contribution in [3.63, 3.8) is 0 Å². The molecule has 2 aromatic rings. The lowest BCUT2D eigenvalue weighted by molar-refractivity contribution is 0.0827. The molecule has 1 aromatic carbocycles. The Morgan fingerprint density at radius 2 is 1.83 bits per heavy atom. The highest BCUT2D eigenvalue weighted by Crippen LogP contribution is 2.16. The number of nitrogens with one attached hydrogen (secondary N) is 2. The number of aliphatic imine (C=N–C) groups is 1. The molecule has 1 amide bonds. The van der Waals surface area contributed by atoms with Crippen LogP contribution in [0.5, 0.6) is 0 Å². The van der Waals surface area contributed by atoms with Crippen molar-refractivity contribution in [3.8, 4) is 0 Å². The summed E-state index contributed by atoms with van der Waals surface area (Å²) in [5, 5.41) is 11.0. The first-order valence-electron chi connectivity index (χ1n) is 9.79. The molecule has 0 saturated carbocycles. The molecule has 9 heteroatoms. The molecule has 1 heterocycles. The van der Waals surface area contributed by atoms with Gasteiger partial charge < -0.3 is 20.4 Å². The Labute approximate surface area is 196 Å². The van der Waals surface area contributed by atoms with E-state index in [0.29, 0.717) is 18.7 Å². The third-order valence-electron chi connectivity index (χ3n) is 4.57. The Hall–Kier alpha value is -2.14. The van der Waals surface area contributed by atoms with E-state index in [1.54, 1.807) is 19.0 Å². The minimum Gasteiger partial charge on any atom is -0.357 e. The van der Waals surface area contributed by atoms with Gasteiger partial charge in [-0.2, -0.15) is 5.10 Å². The predicted octanol–water partition coefficient (Wildman–Crippen LogP) is 2.10. The second-order valence-electron chi connectivity index (χ2n) is 7.40. The Bertz CT molecular complexity index is 815. The SMILES string of the molecule is CCNC(=NCc1ccc(C(=O)N(C)C)cc1)NCC(c1cnn(C)c1)N(C)C.I. The summed E-state index contributed by atoms with van der Waals surface area (Å²) in [6, 6.07) is 7.77. The van der Waals surface area contributed by atoms with Crippen molar-refractivity contribution in [2.45, 2.75) is 19.5 Å². The van der Waals surface area contributed by atoms with E-state index in [0.717, 1.165) is 23.6 Å². The lowest BCUT2D eigenvalue weighted by atomic mass is 10.1. The van der Waals surface area contributed by atoms with Gasteiger partial charge in [-0.25, -0.2) is 4.99 Å². The number of aromatic nitrogens is 2. The summed E-state index contributed by atoms with van der Waals surface area (Å²) < 4.78 is 1.82. The summed E-state index contributed by atoms with van der Waals surface area (Å²) in [6.45, 7) is 4.07. The van der Waals surface area contributed by atoms with Gasteiger partial charge in [0.25, 0.3) is 5.91 Å². The van der Waals surface area contributed by atoms with Crippen molar-refractivity contribution in [3.05, 3.63) is 53.3 Å². The summed E-state index contributed by atoms with van der Waals surface area (Å²) in [6.07, 6.45) is 3.93. The van der Waals surface area contributed by atoms with Gasteiger partial charge in [-0.1, -0.05) is 12.1 Å². The van der Waals surface area contributed by atoms with E-state index in [2.05, 4.69) is 39.7 Å². The number of halogens is 1. The van der Waals surface area contributed by atoms with E-state index in [-0.39, 0.29) is 35.9 Å². The third-order valence-corrected chi connectivity index (χ3v) is 4.57. The number of hydrogen-bond acceptors (Lipinski definition) is 4. The van der Waals surface area contributed by atoms with E-state index in [9.17, 15) is 4.79 Å². The number of nitrogens with zero attached hydrogens (tertiary/aromatic N) is 5. The van der Waals surface area contributed by atoms with Gasteiger partial charge in [-0.05, 0) is 38.7 Å². The molecule has 2 N–H and O–H groups in total. The highest BCUT2D eigenvalue weighted by atomic mass is 127. The monoisotopic (exact) mass is 527 g/mol. The zero-order chi connectivity index (χ0) is 21.4. The maximum absolute atomic E-state index is 12.0. The molecule has 0 aliphatic heterocycles. The van der Waals surface area contributed by atoms with E-state index in [4.69, 9.17) is 0 Å². The minimum absolute atomic E-state index is 0. The number of aryl methyl sites for hydroxylation is 1. The highest BCUT2D eigenvalue weighted by Gasteiger charge is 2.16. The molecule has 0 bridgehead atoms. The largest absolute Gasteiger partial charge is 0.357 e. The molecule has 8 nitrogen and oxygen atoms in total. The molecule has 1 atom stereocenters. The molecule has 0 fully saturated rings. The van der Waals surface area contributed by atoms with Crippen molar-refractivity contribution < 1.29 is 4.79 Å². The Morgan fingerprint density at radius 3 is 2.33 bits per heavy atom. The number of likely N-dealkylation sites (N-methyl/N-ethyl adjacent to an activating group) is 1. The lowest BCUT2D eigenvalue weighted by Gasteiger charge is -2.24. The molecule has 0 spiro atoms. The van der Waals surface area contributed by atoms with Crippen LogP contribution in [0.1, 0.15) is 34.5 Å². The zero-order valence-corrected chi connectivity index (χ0v) is 21.0. The van der Waals surface area contributed by atoms with Crippen molar-refractivity contribution in [2.75, 3.05) is 41.3 Å². The van der Waals surface area contributed by atoms with E-state index >= 15 is 0 Å².